The lowest BCUT2D eigenvalue weighted by molar-refractivity contribution is -0.139. The first-order valence-electron chi connectivity index (χ1n) is 10.0. The van der Waals surface area contributed by atoms with Crippen LogP contribution in [0.4, 0.5) is 4.79 Å². The highest BCUT2D eigenvalue weighted by Crippen LogP contribution is 2.34. The number of nitrogens with zero attached hydrogens (tertiary/aromatic N) is 2. The molecule has 0 N–H and O–H groups in total. The molecule has 3 heterocycles. The van der Waals surface area contributed by atoms with Crippen LogP contribution in [0.3, 0.4) is 0 Å². The molecule has 0 radical (unpaired) electrons. The van der Waals surface area contributed by atoms with Crippen LogP contribution in [-0.4, -0.2) is 72.8 Å². The number of hydrogen-bond acceptors (Lipinski definition) is 9. The molecule has 4 rings (SSSR count). The quantitative estimate of drug-likeness (QED) is 0.355. The second kappa shape index (κ2) is 9.92. The van der Waals surface area contributed by atoms with Crippen molar-refractivity contribution in [3.8, 4) is 11.5 Å². The number of thioether (sulfide) groups is 1. The minimum Gasteiger partial charge on any atom is -0.493 e. The van der Waals surface area contributed by atoms with E-state index in [9.17, 15) is 19.2 Å². The Morgan fingerprint density at radius 3 is 2.64 bits per heavy atom. The molecule has 2 aliphatic heterocycles. The summed E-state index contributed by atoms with van der Waals surface area (Å²) in [5.41, 5.74) is 0.551. The number of carbonyl (C=O) groups is 4. The van der Waals surface area contributed by atoms with Crippen molar-refractivity contribution in [3.05, 3.63) is 52.8 Å². The zero-order chi connectivity index (χ0) is 23.4. The molecule has 11 heteroatoms. The number of hydrogen-bond donors (Lipinski definition) is 0. The van der Waals surface area contributed by atoms with Crippen LogP contribution >= 0.6 is 11.8 Å². The monoisotopic (exact) mass is 472 g/mol. The molecule has 1 aromatic carbocycles. The third-order valence-electron chi connectivity index (χ3n) is 4.94. The number of amides is 3. The Balaban J connectivity index is 1.46. The molecule has 0 spiro atoms. The number of morpholine rings is 1. The molecule has 0 bridgehead atoms. The summed E-state index contributed by atoms with van der Waals surface area (Å²) in [5.74, 6) is -1.06. The highest BCUT2D eigenvalue weighted by atomic mass is 32.2. The summed E-state index contributed by atoms with van der Waals surface area (Å²) in [6, 6.07) is 7.73. The Morgan fingerprint density at radius 1 is 1.15 bits per heavy atom. The fourth-order valence-electron chi connectivity index (χ4n) is 3.24. The predicted molar refractivity (Wildman–Crippen MR) is 117 cm³/mol. The van der Waals surface area contributed by atoms with E-state index in [1.807, 2.05) is 0 Å². The number of imide groups is 1. The Hall–Kier alpha value is -3.57. The molecule has 2 aromatic rings. The maximum atomic E-state index is 12.7. The average molecular weight is 472 g/mol. The van der Waals surface area contributed by atoms with Gasteiger partial charge in [0.05, 0.1) is 31.5 Å². The predicted octanol–water partition coefficient (Wildman–Crippen LogP) is 2.40. The molecule has 172 valence electrons. The zero-order valence-corrected chi connectivity index (χ0v) is 18.5. The zero-order valence-electron chi connectivity index (χ0n) is 17.6. The maximum Gasteiger partial charge on any atom is 0.379 e. The molecule has 0 aliphatic carbocycles. The second-order valence-corrected chi connectivity index (χ2v) is 8.03. The summed E-state index contributed by atoms with van der Waals surface area (Å²) in [6.07, 6.45) is 2.88. The van der Waals surface area contributed by atoms with Crippen LogP contribution in [0.5, 0.6) is 11.5 Å². The number of methoxy groups -OCH3 is 1. The van der Waals surface area contributed by atoms with Crippen molar-refractivity contribution in [1.29, 1.82) is 0 Å². The summed E-state index contributed by atoms with van der Waals surface area (Å²) in [6.45, 7) is 1.42. The highest BCUT2D eigenvalue weighted by Gasteiger charge is 2.37. The van der Waals surface area contributed by atoms with Crippen LogP contribution in [0.2, 0.25) is 0 Å². The average Bonchev–Trinajstić information content (AvgIpc) is 3.45. The number of benzene rings is 1. The smallest absolute Gasteiger partial charge is 0.379 e. The number of rotatable bonds is 6. The summed E-state index contributed by atoms with van der Waals surface area (Å²) in [4.78, 5) is 52.3. The van der Waals surface area contributed by atoms with E-state index in [2.05, 4.69) is 0 Å². The molecular weight excluding hydrogens is 452 g/mol. The molecule has 2 fully saturated rings. The van der Waals surface area contributed by atoms with Gasteiger partial charge in [0.2, 0.25) is 11.7 Å². The SMILES string of the molecule is COc1cc(/C=C2\SC(=O)N(CC(=O)N3CCOCC3)C2=O)ccc1OC(=O)c1ccco1. The maximum absolute atomic E-state index is 12.7. The van der Waals surface area contributed by atoms with Crippen molar-refractivity contribution in [1.82, 2.24) is 9.80 Å². The van der Waals surface area contributed by atoms with Gasteiger partial charge in [0.15, 0.2) is 11.5 Å². The first kappa shape index (κ1) is 22.6. The van der Waals surface area contributed by atoms with Crippen molar-refractivity contribution in [2.75, 3.05) is 40.0 Å². The van der Waals surface area contributed by atoms with E-state index < -0.39 is 17.1 Å². The van der Waals surface area contributed by atoms with Gasteiger partial charge in [-0.3, -0.25) is 19.3 Å². The molecule has 0 atom stereocenters. The summed E-state index contributed by atoms with van der Waals surface area (Å²) in [5, 5.41) is -0.510. The Kier molecular flexibility index (Phi) is 6.80. The van der Waals surface area contributed by atoms with Crippen LogP contribution in [0.15, 0.2) is 45.9 Å². The van der Waals surface area contributed by atoms with E-state index >= 15 is 0 Å². The van der Waals surface area contributed by atoms with Gasteiger partial charge < -0.3 is 23.5 Å². The van der Waals surface area contributed by atoms with Crippen LogP contribution < -0.4 is 9.47 Å². The van der Waals surface area contributed by atoms with Crippen molar-refractivity contribution >= 4 is 40.9 Å². The lowest BCUT2D eigenvalue weighted by Crippen LogP contribution is -2.46. The molecule has 3 amide bonds. The largest absolute Gasteiger partial charge is 0.493 e. The van der Waals surface area contributed by atoms with Crippen molar-refractivity contribution in [2.24, 2.45) is 0 Å². The summed E-state index contributed by atoms with van der Waals surface area (Å²) >= 11 is 0.756. The van der Waals surface area contributed by atoms with Crippen LogP contribution in [-0.2, 0) is 14.3 Å². The van der Waals surface area contributed by atoms with Gasteiger partial charge >= 0.3 is 5.97 Å². The highest BCUT2D eigenvalue weighted by molar-refractivity contribution is 8.18. The first-order valence-corrected chi connectivity index (χ1v) is 10.8. The van der Waals surface area contributed by atoms with E-state index in [0.717, 1.165) is 16.7 Å². The van der Waals surface area contributed by atoms with E-state index in [-0.39, 0.29) is 34.6 Å². The fraction of sp³-hybridized carbons (Fsp3) is 0.273. The molecule has 2 saturated heterocycles. The van der Waals surface area contributed by atoms with Crippen LogP contribution in [0.1, 0.15) is 16.1 Å². The van der Waals surface area contributed by atoms with Crippen molar-refractivity contribution in [2.45, 2.75) is 0 Å². The van der Waals surface area contributed by atoms with Gasteiger partial charge in [-0.25, -0.2) is 4.79 Å². The molecular formula is C22H20N2O8S. The Labute approximate surface area is 193 Å². The van der Waals surface area contributed by atoms with Crippen LogP contribution in [0.25, 0.3) is 6.08 Å². The van der Waals surface area contributed by atoms with Gasteiger partial charge in [-0.2, -0.15) is 0 Å². The number of carbonyl (C=O) groups excluding carboxylic acids is 4. The molecule has 10 nitrogen and oxygen atoms in total. The number of furan rings is 1. The fourth-order valence-corrected chi connectivity index (χ4v) is 4.08. The van der Waals surface area contributed by atoms with Gasteiger partial charge in [-0.05, 0) is 47.7 Å². The number of ether oxygens (including phenoxy) is 3. The Bertz CT molecular complexity index is 1110. The van der Waals surface area contributed by atoms with E-state index in [1.54, 1.807) is 23.1 Å². The molecule has 0 saturated carbocycles. The normalized spacial score (nSPS) is 17.5. The van der Waals surface area contributed by atoms with Gasteiger partial charge in [0, 0.05) is 13.1 Å². The topological polar surface area (TPSA) is 116 Å². The standard InChI is InChI=1S/C22H20N2O8S/c1-29-17-11-14(4-5-15(17)32-21(27)16-3-2-8-31-16)12-18-20(26)24(22(28)33-18)13-19(25)23-6-9-30-10-7-23/h2-5,8,11-12H,6-7,9-10,13H2,1H3/b18-12-. The van der Waals surface area contributed by atoms with Gasteiger partial charge in [-0.15, -0.1) is 0 Å². The van der Waals surface area contributed by atoms with Gasteiger partial charge in [0.1, 0.15) is 6.54 Å². The third-order valence-corrected chi connectivity index (χ3v) is 5.85. The minimum absolute atomic E-state index is 0.0430. The molecule has 2 aliphatic rings. The number of esters is 1. The molecule has 0 unspecified atom stereocenters. The van der Waals surface area contributed by atoms with E-state index in [0.29, 0.717) is 31.9 Å². The third kappa shape index (κ3) is 5.10. The van der Waals surface area contributed by atoms with E-state index in [1.165, 1.54) is 31.6 Å². The van der Waals surface area contributed by atoms with Crippen molar-refractivity contribution < 1.29 is 37.8 Å². The molecule has 33 heavy (non-hydrogen) atoms. The lowest BCUT2D eigenvalue weighted by Gasteiger charge is -2.28. The van der Waals surface area contributed by atoms with Gasteiger partial charge in [0.25, 0.3) is 11.1 Å². The second-order valence-electron chi connectivity index (χ2n) is 7.04. The molecule has 1 aromatic heterocycles. The van der Waals surface area contributed by atoms with Crippen LogP contribution in [0, 0.1) is 0 Å². The minimum atomic E-state index is -0.683. The van der Waals surface area contributed by atoms with E-state index in [4.69, 9.17) is 18.6 Å². The lowest BCUT2D eigenvalue weighted by atomic mass is 10.2. The Morgan fingerprint density at radius 2 is 1.94 bits per heavy atom. The summed E-state index contributed by atoms with van der Waals surface area (Å²) < 4.78 is 20.8. The van der Waals surface area contributed by atoms with Gasteiger partial charge in [-0.1, -0.05) is 6.07 Å². The summed E-state index contributed by atoms with van der Waals surface area (Å²) in [7, 11) is 1.41. The first-order chi connectivity index (χ1) is 16.0. The van der Waals surface area contributed by atoms with Crippen molar-refractivity contribution in [3.63, 3.8) is 0 Å².